The number of carbonyl (C=O) groups excluding carboxylic acids is 1. The zero-order valence-corrected chi connectivity index (χ0v) is 14.8. The van der Waals surface area contributed by atoms with Crippen LogP contribution in [0.2, 0.25) is 0 Å². The summed E-state index contributed by atoms with van der Waals surface area (Å²) in [6, 6.07) is 15.5. The smallest absolute Gasteiger partial charge is 0.253 e. The number of hydrogen-bond donors (Lipinski definition) is 1. The standard InChI is InChI=1S/C21H20N2O3/c1-13-18(11-15-10-16(25-2)7-8-19(15)23-13)21(24)22-12-17-9-14-5-3-4-6-20(14)26-17/h3-8,10-11,17H,9,12H2,1-2H3,(H,22,24)/t17-/m1/s1. The van der Waals surface area contributed by atoms with Crippen LogP contribution >= 0.6 is 0 Å². The maximum Gasteiger partial charge on any atom is 0.253 e. The molecule has 1 atom stereocenters. The largest absolute Gasteiger partial charge is 0.497 e. The number of fused-ring (bicyclic) bond motifs is 2. The highest BCUT2D eigenvalue weighted by Gasteiger charge is 2.23. The van der Waals surface area contributed by atoms with Gasteiger partial charge in [0.2, 0.25) is 0 Å². The van der Waals surface area contributed by atoms with E-state index in [0.29, 0.717) is 17.8 Å². The third kappa shape index (κ3) is 3.08. The molecule has 0 saturated carbocycles. The fourth-order valence-electron chi connectivity index (χ4n) is 3.28. The number of nitrogens with zero attached hydrogens (tertiary/aromatic N) is 1. The summed E-state index contributed by atoms with van der Waals surface area (Å²) in [5.41, 5.74) is 3.30. The minimum Gasteiger partial charge on any atom is -0.497 e. The number of aryl methyl sites for hydroxylation is 1. The minimum atomic E-state index is -0.140. The van der Waals surface area contributed by atoms with E-state index in [1.807, 2.05) is 49.4 Å². The number of ether oxygens (including phenoxy) is 2. The number of methoxy groups -OCH3 is 1. The van der Waals surface area contributed by atoms with E-state index < -0.39 is 0 Å². The van der Waals surface area contributed by atoms with E-state index in [9.17, 15) is 4.79 Å². The lowest BCUT2D eigenvalue weighted by molar-refractivity contribution is 0.0932. The molecule has 3 aromatic rings. The van der Waals surface area contributed by atoms with Crippen molar-refractivity contribution in [3.05, 3.63) is 65.4 Å². The zero-order chi connectivity index (χ0) is 18.1. The Morgan fingerprint density at radius 1 is 1.27 bits per heavy atom. The first-order valence-corrected chi connectivity index (χ1v) is 8.62. The first-order valence-electron chi connectivity index (χ1n) is 8.62. The molecule has 1 N–H and O–H groups in total. The van der Waals surface area contributed by atoms with Crippen LogP contribution in [0.3, 0.4) is 0 Å². The summed E-state index contributed by atoms with van der Waals surface area (Å²) in [7, 11) is 1.62. The summed E-state index contributed by atoms with van der Waals surface area (Å²) in [4.78, 5) is 17.2. The van der Waals surface area contributed by atoms with E-state index >= 15 is 0 Å². The van der Waals surface area contributed by atoms with Crippen LogP contribution in [0.25, 0.3) is 10.9 Å². The Bertz CT molecular complexity index is 959. The van der Waals surface area contributed by atoms with Crippen molar-refractivity contribution in [2.24, 2.45) is 0 Å². The van der Waals surface area contributed by atoms with Gasteiger partial charge in [0.05, 0.1) is 30.4 Å². The van der Waals surface area contributed by atoms with E-state index in [1.54, 1.807) is 7.11 Å². The highest BCUT2D eigenvalue weighted by atomic mass is 16.5. The van der Waals surface area contributed by atoms with Gasteiger partial charge in [-0.2, -0.15) is 0 Å². The zero-order valence-electron chi connectivity index (χ0n) is 14.8. The molecular formula is C21H20N2O3. The third-order valence-electron chi connectivity index (χ3n) is 4.66. The summed E-state index contributed by atoms with van der Waals surface area (Å²) >= 11 is 0. The van der Waals surface area contributed by atoms with Crippen molar-refractivity contribution in [3.8, 4) is 11.5 Å². The number of aromatic nitrogens is 1. The van der Waals surface area contributed by atoms with Gasteiger partial charge >= 0.3 is 0 Å². The lowest BCUT2D eigenvalue weighted by atomic mass is 10.1. The molecule has 1 aromatic heterocycles. The van der Waals surface area contributed by atoms with Gasteiger partial charge in [-0.3, -0.25) is 9.78 Å². The molecule has 2 heterocycles. The van der Waals surface area contributed by atoms with Crippen LogP contribution in [0.5, 0.6) is 11.5 Å². The van der Waals surface area contributed by atoms with E-state index in [-0.39, 0.29) is 12.0 Å². The SMILES string of the molecule is COc1ccc2nc(C)c(C(=O)NC[C@H]3Cc4ccccc4O3)cc2c1. The molecule has 26 heavy (non-hydrogen) atoms. The number of nitrogens with one attached hydrogen (secondary N) is 1. The van der Waals surface area contributed by atoms with E-state index in [1.165, 1.54) is 5.56 Å². The van der Waals surface area contributed by atoms with Crippen molar-refractivity contribution in [2.75, 3.05) is 13.7 Å². The van der Waals surface area contributed by atoms with Gasteiger partial charge in [-0.15, -0.1) is 0 Å². The normalized spacial score (nSPS) is 15.4. The number of pyridine rings is 1. The third-order valence-corrected chi connectivity index (χ3v) is 4.66. The Hall–Kier alpha value is -3.08. The minimum absolute atomic E-state index is 0.0369. The molecule has 0 saturated heterocycles. The van der Waals surface area contributed by atoms with Crippen LogP contribution in [0.1, 0.15) is 21.6 Å². The van der Waals surface area contributed by atoms with Gasteiger partial charge in [-0.1, -0.05) is 18.2 Å². The van der Waals surface area contributed by atoms with Crippen molar-refractivity contribution < 1.29 is 14.3 Å². The van der Waals surface area contributed by atoms with Gasteiger partial charge in [-0.25, -0.2) is 0 Å². The second-order valence-electron chi connectivity index (χ2n) is 6.44. The van der Waals surface area contributed by atoms with Crippen LogP contribution in [-0.2, 0) is 6.42 Å². The molecule has 0 spiro atoms. The fraction of sp³-hybridized carbons (Fsp3) is 0.238. The second-order valence-corrected chi connectivity index (χ2v) is 6.44. The van der Waals surface area contributed by atoms with Crippen molar-refractivity contribution in [3.63, 3.8) is 0 Å². The summed E-state index contributed by atoms with van der Waals surface area (Å²) in [5.74, 6) is 1.51. The number of hydrogen-bond acceptors (Lipinski definition) is 4. The van der Waals surface area contributed by atoms with Crippen LogP contribution in [-0.4, -0.2) is 30.6 Å². The Morgan fingerprint density at radius 2 is 2.12 bits per heavy atom. The first kappa shape index (κ1) is 16.4. The number of amides is 1. The fourth-order valence-corrected chi connectivity index (χ4v) is 3.28. The molecule has 1 aliphatic heterocycles. The summed E-state index contributed by atoms with van der Waals surface area (Å²) in [6.07, 6.45) is 0.771. The van der Waals surface area contributed by atoms with E-state index in [0.717, 1.165) is 28.8 Å². The van der Waals surface area contributed by atoms with Crippen molar-refractivity contribution in [1.29, 1.82) is 0 Å². The second kappa shape index (κ2) is 6.67. The summed E-state index contributed by atoms with van der Waals surface area (Å²) < 4.78 is 11.1. The van der Waals surface area contributed by atoms with Crippen molar-refractivity contribution in [1.82, 2.24) is 10.3 Å². The number of para-hydroxylation sites is 1. The molecule has 132 valence electrons. The predicted octanol–water partition coefficient (Wildman–Crippen LogP) is 3.29. The highest BCUT2D eigenvalue weighted by molar-refractivity contribution is 5.98. The topological polar surface area (TPSA) is 60.5 Å². The molecule has 1 amide bonds. The van der Waals surface area contributed by atoms with Gasteiger partial charge in [0, 0.05) is 11.8 Å². The average molecular weight is 348 g/mol. The summed E-state index contributed by atoms with van der Waals surface area (Å²) in [6.45, 7) is 2.31. The number of benzene rings is 2. The van der Waals surface area contributed by atoms with Gasteiger partial charge in [0.1, 0.15) is 17.6 Å². The first-order chi connectivity index (χ1) is 12.6. The van der Waals surface area contributed by atoms with E-state index in [2.05, 4.69) is 16.4 Å². The lowest BCUT2D eigenvalue weighted by Crippen LogP contribution is -2.34. The molecule has 0 radical (unpaired) electrons. The monoisotopic (exact) mass is 348 g/mol. The van der Waals surface area contributed by atoms with Gasteiger partial charge in [-0.05, 0) is 42.8 Å². The maximum absolute atomic E-state index is 12.7. The molecule has 0 aliphatic carbocycles. The Morgan fingerprint density at radius 3 is 2.92 bits per heavy atom. The Kier molecular flexibility index (Phi) is 4.21. The Labute approximate surface area is 152 Å². The molecule has 2 aromatic carbocycles. The van der Waals surface area contributed by atoms with Gasteiger partial charge in [0.15, 0.2) is 0 Å². The molecule has 0 unspecified atom stereocenters. The molecule has 5 heteroatoms. The Balaban J connectivity index is 1.49. The van der Waals surface area contributed by atoms with Crippen LogP contribution in [0.15, 0.2) is 48.5 Å². The average Bonchev–Trinajstić information content (AvgIpc) is 3.08. The molecule has 1 aliphatic rings. The summed E-state index contributed by atoms with van der Waals surface area (Å²) in [5, 5.41) is 3.85. The van der Waals surface area contributed by atoms with Gasteiger partial charge in [0.25, 0.3) is 5.91 Å². The quantitative estimate of drug-likeness (QED) is 0.786. The predicted molar refractivity (Wildman–Crippen MR) is 99.9 cm³/mol. The molecule has 0 fully saturated rings. The number of rotatable bonds is 4. The van der Waals surface area contributed by atoms with Crippen molar-refractivity contribution >= 4 is 16.8 Å². The van der Waals surface area contributed by atoms with Crippen molar-refractivity contribution in [2.45, 2.75) is 19.4 Å². The lowest BCUT2D eigenvalue weighted by Gasteiger charge is -2.13. The highest BCUT2D eigenvalue weighted by Crippen LogP contribution is 2.28. The molecule has 5 nitrogen and oxygen atoms in total. The molecule has 0 bridgehead atoms. The van der Waals surface area contributed by atoms with Gasteiger partial charge < -0.3 is 14.8 Å². The maximum atomic E-state index is 12.7. The molecular weight excluding hydrogens is 328 g/mol. The van der Waals surface area contributed by atoms with E-state index in [4.69, 9.17) is 9.47 Å². The van der Waals surface area contributed by atoms with Crippen LogP contribution in [0.4, 0.5) is 0 Å². The van der Waals surface area contributed by atoms with Crippen LogP contribution in [0, 0.1) is 6.92 Å². The number of carbonyl (C=O) groups is 1. The van der Waals surface area contributed by atoms with Crippen LogP contribution < -0.4 is 14.8 Å². The molecule has 4 rings (SSSR count).